The third-order valence-electron chi connectivity index (χ3n) is 5.39. The van der Waals surface area contributed by atoms with Crippen molar-refractivity contribution >= 4 is 34.7 Å². The van der Waals surface area contributed by atoms with Crippen molar-refractivity contribution in [1.29, 1.82) is 0 Å². The fourth-order valence-corrected chi connectivity index (χ4v) is 4.02. The van der Waals surface area contributed by atoms with Crippen LogP contribution >= 0.6 is 11.6 Å². The van der Waals surface area contributed by atoms with Gasteiger partial charge in [0.05, 0.1) is 12.1 Å². The van der Waals surface area contributed by atoms with E-state index in [0.29, 0.717) is 40.5 Å². The van der Waals surface area contributed by atoms with Crippen molar-refractivity contribution in [2.45, 2.75) is 18.4 Å². The first kappa shape index (κ1) is 20.1. The number of nitrogen functional groups attached to an aromatic ring is 1. The van der Waals surface area contributed by atoms with Crippen molar-refractivity contribution in [3.63, 3.8) is 0 Å². The van der Waals surface area contributed by atoms with Gasteiger partial charge in [0.25, 0.3) is 5.91 Å². The maximum Gasteiger partial charge on any atom is 0.264 e. The lowest BCUT2D eigenvalue weighted by Crippen LogP contribution is -2.42. The Morgan fingerprint density at radius 2 is 1.80 bits per heavy atom. The molecule has 1 heterocycles. The Balaban J connectivity index is 1.65. The summed E-state index contributed by atoms with van der Waals surface area (Å²) in [5, 5.41) is 11.8. The molecule has 0 unspecified atom stereocenters. The molecule has 1 aliphatic heterocycles. The zero-order chi connectivity index (χ0) is 21.3. The lowest BCUT2D eigenvalue weighted by molar-refractivity contribution is -0.135. The van der Waals surface area contributed by atoms with Crippen molar-refractivity contribution in [2.24, 2.45) is 0 Å². The Labute approximate surface area is 179 Å². The van der Waals surface area contributed by atoms with Crippen LogP contribution in [-0.4, -0.2) is 23.3 Å². The summed E-state index contributed by atoms with van der Waals surface area (Å²) in [6, 6.07) is 21.2. The molecule has 0 spiro atoms. The van der Waals surface area contributed by atoms with Gasteiger partial charge in [-0.3, -0.25) is 9.59 Å². The Morgan fingerprint density at radius 3 is 2.53 bits per heavy atom. The van der Waals surface area contributed by atoms with Crippen LogP contribution in [0.2, 0.25) is 5.02 Å². The summed E-state index contributed by atoms with van der Waals surface area (Å²) in [6.45, 7) is 0.381. The number of ketones is 1. The number of hydrogen-bond acceptors (Lipinski definition) is 4. The summed E-state index contributed by atoms with van der Waals surface area (Å²) in [7, 11) is 0. The first-order chi connectivity index (χ1) is 14.4. The molecule has 0 radical (unpaired) electrons. The highest BCUT2D eigenvalue weighted by molar-refractivity contribution is 6.31. The number of benzene rings is 3. The fraction of sp³-hybridized carbons (Fsp3) is 0.167. The van der Waals surface area contributed by atoms with E-state index in [2.05, 4.69) is 0 Å². The molecule has 6 heteroatoms. The number of Topliss-reactive ketones (excluding diaryl/α,β-unsaturated/α-hetero) is 1. The molecule has 3 aromatic carbocycles. The van der Waals surface area contributed by atoms with E-state index in [1.54, 1.807) is 36.4 Å². The fourth-order valence-electron chi connectivity index (χ4n) is 3.85. The van der Waals surface area contributed by atoms with Gasteiger partial charge in [0.2, 0.25) is 0 Å². The van der Waals surface area contributed by atoms with Gasteiger partial charge >= 0.3 is 0 Å². The second-order valence-electron chi connectivity index (χ2n) is 7.44. The average Bonchev–Trinajstić information content (AvgIpc) is 2.94. The van der Waals surface area contributed by atoms with Gasteiger partial charge in [0.15, 0.2) is 11.4 Å². The predicted octanol–water partition coefficient (Wildman–Crippen LogP) is 3.97. The number of anilines is 2. The SMILES string of the molecule is Nc1cccc(C(=O)C[C@]2(O)C(=O)N(CCc3ccccc3)c3ccc(Cl)cc32)c1. The quantitative estimate of drug-likeness (QED) is 0.467. The number of aliphatic hydroxyl groups is 1. The Morgan fingerprint density at radius 1 is 1.03 bits per heavy atom. The Kier molecular flexibility index (Phi) is 5.33. The van der Waals surface area contributed by atoms with Crippen LogP contribution in [0.5, 0.6) is 0 Å². The van der Waals surface area contributed by atoms with E-state index in [1.165, 1.54) is 11.0 Å². The topological polar surface area (TPSA) is 83.6 Å². The zero-order valence-electron chi connectivity index (χ0n) is 16.2. The summed E-state index contributed by atoms with van der Waals surface area (Å²) in [5.41, 5.74) is 6.59. The number of fused-ring (bicyclic) bond motifs is 1. The van der Waals surface area contributed by atoms with Crippen molar-refractivity contribution < 1.29 is 14.7 Å². The number of nitrogens with two attached hydrogens (primary N) is 1. The van der Waals surface area contributed by atoms with Gasteiger partial charge in [-0.1, -0.05) is 54.1 Å². The molecule has 3 aromatic rings. The molecule has 1 amide bonds. The smallest absolute Gasteiger partial charge is 0.264 e. The van der Waals surface area contributed by atoms with Crippen molar-refractivity contribution in [1.82, 2.24) is 0 Å². The minimum atomic E-state index is -1.97. The number of hydrogen-bond donors (Lipinski definition) is 2. The van der Waals surface area contributed by atoms with Crippen LogP contribution in [0.3, 0.4) is 0 Å². The van der Waals surface area contributed by atoms with Gasteiger partial charge in [-0.25, -0.2) is 0 Å². The molecule has 152 valence electrons. The third-order valence-corrected chi connectivity index (χ3v) is 5.62. The van der Waals surface area contributed by atoms with Crippen LogP contribution in [0.4, 0.5) is 11.4 Å². The monoisotopic (exact) mass is 420 g/mol. The van der Waals surface area contributed by atoms with Crippen molar-refractivity contribution in [3.8, 4) is 0 Å². The van der Waals surface area contributed by atoms with Gasteiger partial charge in [-0.05, 0) is 42.3 Å². The third kappa shape index (κ3) is 3.70. The van der Waals surface area contributed by atoms with Gasteiger partial charge < -0.3 is 15.7 Å². The average molecular weight is 421 g/mol. The molecule has 1 atom stereocenters. The summed E-state index contributed by atoms with van der Waals surface area (Å²) < 4.78 is 0. The number of nitrogens with zero attached hydrogens (tertiary/aromatic N) is 1. The van der Waals surface area contributed by atoms with E-state index in [-0.39, 0.29) is 12.2 Å². The van der Waals surface area contributed by atoms with Crippen LogP contribution < -0.4 is 10.6 Å². The normalized spacial score (nSPS) is 17.8. The molecule has 0 aliphatic carbocycles. The van der Waals surface area contributed by atoms with Crippen LogP contribution in [0.25, 0.3) is 0 Å². The highest BCUT2D eigenvalue weighted by Crippen LogP contribution is 2.44. The van der Waals surface area contributed by atoms with Gasteiger partial charge in [0.1, 0.15) is 0 Å². The van der Waals surface area contributed by atoms with Gasteiger partial charge in [0, 0.05) is 28.4 Å². The van der Waals surface area contributed by atoms with E-state index >= 15 is 0 Å². The number of amides is 1. The summed E-state index contributed by atoms with van der Waals surface area (Å²) in [4.78, 5) is 27.7. The van der Waals surface area contributed by atoms with E-state index in [4.69, 9.17) is 17.3 Å². The predicted molar refractivity (Wildman–Crippen MR) is 118 cm³/mol. The lowest BCUT2D eigenvalue weighted by atomic mass is 9.88. The largest absolute Gasteiger partial charge is 0.399 e. The Hall–Kier alpha value is -3.15. The molecule has 0 bridgehead atoms. The van der Waals surface area contributed by atoms with Crippen molar-refractivity contribution in [2.75, 3.05) is 17.2 Å². The molecular weight excluding hydrogens is 400 g/mol. The highest BCUT2D eigenvalue weighted by atomic mass is 35.5. The number of rotatable bonds is 6. The second kappa shape index (κ2) is 7.94. The summed E-state index contributed by atoms with van der Waals surface area (Å²) in [6.07, 6.45) is 0.234. The molecule has 0 saturated heterocycles. The summed E-state index contributed by atoms with van der Waals surface area (Å²) in [5.74, 6) is -0.887. The van der Waals surface area contributed by atoms with Crippen LogP contribution in [-0.2, 0) is 16.8 Å². The Bertz CT molecular complexity index is 1120. The number of halogens is 1. The second-order valence-corrected chi connectivity index (χ2v) is 7.88. The maximum absolute atomic E-state index is 13.3. The summed E-state index contributed by atoms with van der Waals surface area (Å²) >= 11 is 6.15. The van der Waals surface area contributed by atoms with Crippen molar-refractivity contribution in [3.05, 3.63) is 94.5 Å². The van der Waals surface area contributed by atoms with Crippen LogP contribution in [0.1, 0.15) is 27.9 Å². The number of carbonyl (C=O) groups excluding carboxylic acids is 2. The molecule has 5 nitrogen and oxygen atoms in total. The zero-order valence-corrected chi connectivity index (χ0v) is 17.0. The molecule has 30 heavy (non-hydrogen) atoms. The molecule has 3 N–H and O–H groups in total. The highest BCUT2D eigenvalue weighted by Gasteiger charge is 2.50. The van der Waals surface area contributed by atoms with E-state index in [1.807, 2.05) is 30.3 Å². The van der Waals surface area contributed by atoms with Crippen LogP contribution in [0, 0.1) is 0 Å². The standard InChI is InChI=1S/C24H21ClN2O3/c25-18-9-10-21-20(14-18)24(30,15-22(28)17-7-4-8-19(26)13-17)23(29)27(21)12-11-16-5-2-1-3-6-16/h1-10,13-14,30H,11-12,15,26H2/t24-/m1/s1. The van der Waals surface area contributed by atoms with Gasteiger partial charge in [-0.15, -0.1) is 0 Å². The molecular formula is C24H21ClN2O3. The first-order valence-corrected chi connectivity index (χ1v) is 10.0. The lowest BCUT2D eigenvalue weighted by Gasteiger charge is -2.23. The van der Waals surface area contributed by atoms with Crippen LogP contribution in [0.15, 0.2) is 72.8 Å². The van der Waals surface area contributed by atoms with E-state index in [9.17, 15) is 14.7 Å². The minimum absolute atomic E-state index is 0.350. The molecule has 0 saturated carbocycles. The molecule has 0 aromatic heterocycles. The molecule has 4 rings (SSSR count). The van der Waals surface area contributed by atoms with Gasteiger partial charge in [-0.2, -0.15) is 0 Å². The molecule has 0 fully saturated rings. The molecule has 1 aliphatic rings. The maximum atomic E-state index is 13.3. The number of carbonyl (C=O) groups is 2. The van der Waals surface area contributed by atoms with E-state index < -0.39 is 11.5 Å². The minimum Gasteiger partial charge on any atom is -0.399 e. The first-order valence-electron chi connectivity index (χ1n) is 9.65. The van der Waals surface area contributed by atoms with E-state index in [0.717, 1.165) is 5.56 Å².